The molecule has 0 spiro atoms. The van der Waals surface area contributed by atoms with E-state index in [2.05, 4.69) is 11.9 Å². The Morgan fingerprint density at radius 1 is 1.30 bits per heavy atom. The van der Waals surface area contributed by atoms with Gasteiger partial charge in [0, 0.05) is 23.5 Å². The van der Waals surface area contributed by atoms with E-state index >= 15 is 0 Å². The molecule has 0 bridgehead atoms. The molecule has 0 saturated carbocycles. The Hall–Kier alpha value is -1.90. The summed E-state index contributed by atoms with van der Waals surface area (Å²) in [6, 6.07) is 7.51. The Balaban J connectivity index is 2.33. The summed E-state index contributed by atoms with van der Waals surface area (Å²) in [7, 11) is 0. The van der Waals surface area contributed by atoms with E-state index in [0.29, 0.717) is 11.5 Å². The van der Waals surface area contributed by atoms with Crippen LogP contribution in [0.1, 0.15) is 49.7 Å². The van der Waals surface area contributed by atoms with Gasteiger partial charge in [-0.15, -0.1) is 0 Å². The molecule has 0 fully saturated rings. The molecule has 0 N–H and O–H groups in total. The van der Waals surface area contributed by atoms with Crippen LogP contribution in [0, 0.1) is 5.92 Å². The number of ketones is 1. The van der Waals surface area contributed by atoms with Crippen LogP contribution in [0.2, 0.25) is 0 Å². The van der Waals surface area contributed by atoms with Crippen LogP contribution in [0.3, 0.4) is 0 Å². The lowest BCUT2D eigenvalue weighted by Gasteiger charge is -2.07. The van der Waals surface area contributed by atoms with Gasteiger partial charge in [-0.05, 0) is 12.5 Å². The monoisotopic (exact) mass is 271 g/mol. The standard InChI is InChI=1S/C17H21NO2/c1-4-5-8-13-11-18-17(20-13)15-10-7-6-9-14(15)16(19)12(2)3/h6-7,9-12H,4-5,8H2,1-3H3. The molecule has 1 heterocycles. The number of hydrogen-bond donors (Lipinski definition) is 0. The first-order valence-corrected chi connectivity index (χ1v) is 7.21. The van der Waals surface area contributed by atoms with Gasteiger partial charge in [0.25, 0.3) is 0 Å². The first kappa shape index (κ1) is 14.5. The van der Waals surface area contributed by atoms with Crippen molar-refractivity contribution < 1.29 is 9.21 Å². The smallest absolute Gasteiger partial charge is 0.226 e. The van der Waals surface area contributed by atoms with Crippen molar-refractivity contribution in [2.75, 3.05) is 0 Å². The van der Waals surface area contributed by atoms with Crippen molar-refractivity contribution in [3.63, 3.8) is 0 Å². The van der Waals surface area contributed by atoms with Gasteiger partial charge in [-0.2, -0.15) is 0 Å². The summed E-state index contributed by atoms with van der Waals surface area (Å²) in [5.74, 6) is 1.51. The molecule has 1 aromatic carbocycles. The van der Waals surface area contributed by atoms with Crippen molar-refractivity contribution in [2.24, 2.45) is 5.92 Å². The van der Waals surface area contributed by atoms with Crippen LogP contribution in [0.25, 0.3) is 11.5 Å². The minimum absolute atomic E-state index is 0.0364. The number of aromatic nitrogens is 1. The fourth-order valence-electron chi connectivity index (χ4n) is 2.09. The lowest BCUT2D eigenvalue weighted by Crippen LogP contribution is -2.08. The van der Waals surface area contributed by atoms with Gasteiger partial charge in [-0.25, -0.2) is 4.98 Å². The third-order valence-electron chi connectivity index (χ3n) is 3.28. The van der Waals surface area contributed by atoms with E-state index < -0.39 is 0 Å². The fourth-order valence-corrected chi connectivity index (χ4v) is 2.09. The Morgan fingerprint density at radius 3 is 2.75 bits per heavy atom. The fraction of sp³-hybridized carbons (Fsp3) is 0.412. The van der Waals surface area contributed by atoms with Crippen molar-refractivity contribution in [1.29, 1.82) is 0 Å². The number of hydrogen-bond acceptors (Lipinski definition) is 3. The largest absolute Gasteiger partial charge is 0.441 e. The van der Waals surface area contributed by atoms with Crippen molar-refractivity contribution in [1.82, 2.24) is 4.98 Å². The average molecular weight is 271 g/mol. The van der Waals surface area contributed by atoms with Gasteiger partial charge in [-0.1, -0.05) is 45.4 Å². The molecule has 0 aliphatic carbocycles. The van der Waals surface area contributed by atoms with Gasteiger partial charge in [0.2, 0.25) is 5.89 Å². The van der Waals surface area contributed by atoms with Crippen molar-refractivity contribution in [3.05, 3.63) is 41.8 Å². The molecule has 106 valence electrons. The van der Waals surface area contributed by atoms with E-state index in [1.54, 1.807) is 6.20 Å². The Kier molecular flexibility index (Phi) is 4.72. The maximum atomic E-state index is 12.2. The third kappa shape index (κ3) is 3.16. The Labute approximate surface area is 120 Å². The van der Waals surface area contributed by atoms with E-state index in [0.717, 1.165) is 30.6 Å². The number of benzene rings is 1. The molecule has 3 nitrogen and oxygen atoms in total. The molecule has 0 amide bonds. The van der Waals surface area contributed by atoms with Crippen LogP contribution in [0.4, 0.5) is 0 Å². The molecule has 20 heavy (non-hydrogen) atoms. The van der Waals surface area contributed by atoms with E-state index in [-0.39, 0.29) is 11.7 Å². The number of carbonyl (C=O) groups excluding carboxylic acids is 1. The van der Waals surface area contributed by atoms with Gasteiger partial charge in [0.15, 0.2) is 5.78 Å². The second kappa shape index (κ2) is 6.51. The number of carbonyl (C=O) groups is 1. The zero-order valence-electron chi connectivity index (χ0n) is 12.3. The molecule has 0 aliphatic heterocycles. The predicted octanol–water partition coefficient (Wildman–Crippen LogP) is 4.52. The first-order valence-electron chi connectivity index (χ1n) is 7.21. The molecule has 2 aromatic rings. The Morgan fingerprint density at radius 2 is 2.05 bits per heavy atom. The van der Waals surface area contributed by atoms with Gasteiger partial charge in [0.05, 0.1) is 6.20 Å². The third-order valence-corrected chi connectivity index (χ3v) is 3.28. The zero-order valence-corrected chi connectivity index (χ0v) is 12.3. The zero-order chi connectivity index (χ0) is 14.5. The van der Waals surface area contributed by atoms with Gasteiger partial charge in [0.1, 0.15) is 5.76 Å². The lowest BCUT2D eigenvalue weighted by molar-refractivity contribution is 0.0940. The summed E-state index contributed by atoms with van der Waals surface area (Å²) in [4.78, 5) is 16.6. The number of aryl methyl sites for hydroxylation is 1. The molecule has 0 aliphatic rings. The summed E-state index contributed by atoms with van der Waals surface area (Å²) in [6.07, 6.45) is 4.87. The minimum Gasteiger partial charge on any atom is -0.441 e. The second-order valence-electron chi connectivity index (χ2n) is 5.30. The normalized spacial score (nSPS) is 11.0. The second-order valence-corrected chi connectivity index (χ2v) is 5.30. The summed E-state index contributed by atoms with van der Waals surface area (Å²) >= 11 is 0. The quantitative estimate of drug-likeness (QED) is 0.725. The maximum absolute atomic E-state index is 12.2. The van der Waals surface area contributed by atoms with Gasteiger partial charge in [-0.3, -0.25) is 4.79 Å². The number of nitrogens with zero attached hydrogens (tertiary/aromatic N) is 1. The molecule has 3 heteroatoms. The SMILES string of the molecule is CCCCc1cnc(-c2ccccc2C(=O)C(C)C)o1. The molecule has 0 saturated heterocycles. The minimum atomic E-state index is -0.0364. The van der Waals surface area contributed by atoms with Crippen LogP contribution in [0.15, 0.2) is 34.9 Å². The highest BCUT2D eigenvalue weighted by Crippen LogP contribution is 2.25. The number of unbranched alkanes of at least 4 members (excludes halogenated alkanes) is 1. The van der Waals surface area contributed by atoms with Crippen molar-refractivity contribution in [3.8, 4) is 11.5 Å². The molecule has 1 aromatic heterocycles. The highest BCUT2D eigenvalue weighted by Gasteiger charge is 2.18. The molecule has 2 rings (SSSR count). The van der Waals surface area contributed by atoms with E-state index in [4.69, 9.17) is 4.42 Å². The lowest BCUT2D eigenvalue weighted by atomic mass is 9.96. The van der Waals surface area contributed by atoms with E-state index in [1.165, 1.54) is 0 Å². The molecular weight excluding hydrogens is 250 g/mol. The molecule has 0 unspecified atom stereocenters. The maximum Gasteiger partial charge on any atom is 0.226 e. The number of oxazole rings is 1. The molecular formula is C17H21NO2. The molecule has 0 atom stereocenters. The first-order chi connectivity index (χ1) is 9.63. The van der Waals surface area contributed by atoms with E-state index in [1.807, 2.05) is 38.1 Å². The highest BCUT2D eigenvalue weighted by atomic mass is 16.4. The van der Waals surface area contributed by atoms with E-state index in [9.17, 15) is 4.79 Å². The summed E-state index contributed by atoms with van der Waals surface area (Å²) < 4.78 is 5.78. The van der Waals surface area contributed by atoms with Gasteiger partial charge >= 0.3 is 0 Å². The summed E-state index contributed by atoms with van der Waals surface area (Å²) in [5, 5.41) is 0. The summed E-state index contributed by atoms with van der Waals surface area (Å²) in [5.41, 5.74) is 1.47. The van der Waals surface area contributed by atoms with Crippen molar-refractivity contribution in [2.45, 2.75) is 40.0 Å². The van der Waals surface area contributed by atoms with Crippen LogP contribution >= 0.6 is 0 Å². The summed E-state index contributed by atoms with van der Waals surface area (Å²) in [6.45, 7) is 5.95. The predicted molar refractivity (Wildman–Crippen MR) is 79.7 cm³/mol. The van der Waals surface area contributed by atoms with Crippen LogP contribution in [-0.4, -0.2) is 10.8 Å². The topological polar surface area (TPSA) is 43.1 Å². The highest BCUT2D eigenvalue weighted by molar-refractivity contribution is 6.02. The van der Waals surface area contributed by atoms with Crippen molar-refractivity contribution >= 4 is 5.78 Å². The van der Waals surface area contributed by atoms with Gasteiger partial charge < -0.3 is 4.42 Å². The number of rotatable bonds is 6. The van der Waals surface area contributed by atoms with Crippen LogP contribution in [-0.2, 0) is 6.42 Å². The average Bonchev–Trinajstić information content (AvgIpc) is 2.93. The Bertz CT molecular complexity index is 584. The molecule has 0 radical (unpaired) electrons. The number of Topliss-reactive ketones (excluding diaryl/α,β-unsaturated/α-hetero) is 1. The van der Waals surface area contributed by atoms with Crippen LogP contribution < -0.4 is 0 Å². The van der Waals surface area contributed by atoms with Crippen LogP contribution in [0.5, 0.6) is 0 Å².